The van der Waals surface area contributed by atoms with Gasteiger partial charge in [0.15, 0.2) is 0 Å². The van der Waals surface area contributed by atoms with Crippen LogP contribution >= 0.6 is 0 Å². The van der Waals surface area contributed by atoms with Crippen LogP contribution in [0.2, 0.25) is 0 Å². The highest BCUT2D eigenvalue weighted by atomic mass is 15.0. The van der Waals surface area contributed by atoms with Gasteiger partial charge in [-0.3, -0.25) is 0 Å². The van der Waals surface area contributed by atoms with Gasteiger partial charge in [-0.05, 0) is 114 Å². The molecule has 0 aliphatic heterocycles. The Kier molecular flexibility index (Phi) is 6.65. The Labute approximate surface area is 366 Å². The number of rotatable bonds is 4. The summed E-state index contributed by atoms with van der Waals surface area (Å²) in [5.74, 6) is 0. The lowest BCUT2D eigenvalue weighted by molar-refractivity contribution is 1.17. The van der Waals surface area contributed by atoms with Gasteiger partial charge < -0.3 is 18.1 Å². The van der Waals surface area contributed by atoms with Gasteiger partial charge in [0.25, 0.3) is 0 Å². The largest absolute Gasteiger partial charge is 0.309 e. The van der Waals surface area contributed by atoms with Gasteiger partial charge in [-0.15, -0.1) is 0 Å². The molecule has 10 aromatic carbocycles. The number of para-hydroxylation sites is 6. The molecule has 0 saturated carbocycles. The van der Waals surface area contributed by atoms with E-state index in [0.717, 1.165) is 11.4 Å². The molecule has 0 N–H and O–H groups in total. The molecule has 0 bridgehead atoms. The number of fused-ring (bicyclic) bond motifs is 16. The first-order chi connectivity index (χ1) is 31.8. The molecule has 64 heavy (non-hydrogen) atoms. The maximum atomic E-state index is 2.52. The zero-order chi connectivity index (χ0) is 41.6. The summed E-state index contributed by atoms with van der Waals surface area (Å²) in [6.45, 7) is 0. The lowest BCUT2D eigenvalue weighted by atomic mass is 9.97. The third-order valence-electron chi connectivity index (χ3n) is 14.0. The van der Waals surface area contributed by atoms with Gasteiger partial charge >= 0.3 is 0 Å². The maximum Gasteiger partial charge on any atom is 0.0621 e. The molecular formula is C60H36N4. The van der Waals surface area contributed by atoms with Crippen LogP contribution in [0.1, 0.15) is 0 Å². The van der Waals surface area contributed by atoms with Crippen molar-refractivity contribution in [3.05, 3.63) is 218 Å². The van der Waals surface area contributed by atoms with Crippen LogP contribution in [0.15, 0.2) is 218 Å². The molecule has 296 valence electrons. The van der Waals surface area contributed by atoms with E-state index in [1.165, 1.54) is 120 Å². The van der Waals surface area contributed by atoms with Gasteiger partial charge in [0, 0.05) is 70.9 Å². The summed E-state index contributed by atoms with van der Waals surface area (Å²) in [4.78, 5) is 0. The molecule has 4 nitrogen and oxygen atoms in total. The van der Waals surface area contributed by atoms with E-state index in [4.69, 9.17) is 0 Å². The average molecular weight is 813 g/mol. The minimum absolute atomic E-state index is 1.15. The third kappa shape index (κ3) is 4.41. The highest BCUT2D eigenvalue weighted by molar-refractivity contribution is 6.33. The predicted octanol–water partition coefficient (Wildman–Crippen LogP) is 15.8. The highest BCUT2D eigenvalue weighted by Crippen LogP contribution is 2.47. The van der Waals surface area contributed by atoms with Crippen LogP contribution in [0, 0.1) is 0 Å². The Morgan fingerprint density at radius 2 is 0.641 bits per heavy atom. The van der Waals surface area contributed by atoms with E-state index in [9.17, 15) is 0 Å². The second-order valence-corrected chi connectivity index (χ2v) is 17.3. The molecule has 5 heterocycles. The number of hydrogen-bond acceptors (Lipinski definition) is 0. The second-order valence-electron chi connectivity index (χ2n) is 17.3. The summed E-state index contributed by atoms with van der Waals surface area (Å²) >= 11 is 0. The fourth-order valence-electron chi connectivity index (χ4n) is 11.5. The quantitative estimate of drug-likeness (QED) is 0.169. The van der Waals surface area contributed by atoms with E-state index >= 15 is 0 Å². The maximum absolute atomic E-state index is 2.52. The molecular weight excluding hydrogens is 777 g/mol. The molecule has 0 radical (unpaired) electrons. The topological polar surface area (TPSA) is 19.2 Å². The Morgan fingerprint density at radius 1 is 0.219 bits per heavy atom. The third-order valence-corrected chi connectivity index (χ3v) is 14.0. The first-order valence-electron chi connectivity index (χ1n) is 22.1. The fraction of sp³-hybridized carbons (Fsp3) is 0. The van der Waals surface area contributed by atoms with Crippen LogP contribution in [0.3, 0.4) is 0 Å². The molecule has 0 aliphatic carbocycles. The second kappa shape index (κ2) is 12.5. The molecule has 15 rings (SSSR count). The molecule has 0 saturated heterocycles. The van der Waals surface area contributed by atoms with Crippen molar-refractivity contribution in [2.45, 2.75) is 0 Å². The van der Waals surface area contributed by atoms with E-state index in [1.807, 2.05) is 0 Å². The average Bonchev–Trinajstić information content (AvgIpc) is 4.15. The van der Waals surface area contributed by atoms with Crippen molar-refractivity contribution in [2.75, 3.05) is 0 Å². The fourth-order valence-corrected chi connectivity index (χ4v) is 11.5. The van der Waals surface area contributed by atoms with Crippen LogP contribution in [-0.4, -0.2) is 18.1 Å². The van der Waals surface area contributed by atoms with Crippen LogP contribution < -0.4 is 0 Å². The molecule has 0 spiro atoms. The molecule has 0 aliphatic rings. The minimum Gasteiger partial charge on any atom is -0.309 e. The number of nitrogens with zero attached hydrogens (tertiary/aromatic N) is 4. The van der Waals surface area contributed by atoms with Crippen molar-refractivity contribution in [1.82, 2.24) is 18.1 Å². The lowest BCUT2D eigenvalue weighted by Crippen LogP contribution is -1.95. The first-order valence-corrected chi connectivity index (χ1v) is 22.1. The molecule has 0 unspecified atom stereocenters. The standard InChI is InChI=1S/C60H36N4/c1-3-15-39(16-4-1)61-50-23-11-7-19-42(50)46-33-37(27-29-54(46)61)38-34-48-44-21-9-13-25-52(44)64-57-32-31-56-58(59(57)49(35-38)60(48)64)45-22-10-14-26-53(45)63(56)41-28-30-55-47(36-41)43-20-8-12-24-51(43)62(55)40-17-5-2-6-18-40/h1-36H. The van der Waals surface area contributed by atoms with E-state index < -0.39 is 0 Å². The van der Waals surface area contributed by atoms with Crippen molar-refractivity contribution in [3.8, 4) is 28.2 Å². The summed E-state index contributed by atoms with van der Waals surface area (Å²) < 4.78 is 9.80. The van der Waals surface area contributed by atoms with Gasteiger partial charge in [-0.1, -0.05) is 115 Å². The summed E-state index contributed by atoms with van der Waals surface area (Å²) in [5, 5.41) is 12.7. The zero-order valence-corrected chi connectivity index (χ0v) is 34.6. The van der Waals surface area contributed by atoms with E-state index in [0.29, 0.717) is 0 Å². The molecule has 15 aromatic rings. The van der Waals surface area contributed by atoms with Crippen LogP contribution in [-0.2, 0) is 0 Å². The van der Waals surface area contributed by atoms with E-state index in [-0.39, 0.29) is 0 Å². The van der Waals surface area contributed by atoms with Gasteiger partial charge in [-0.25, -0.2) is 0 Å². The molecule has 0 fully saturated rings. The summed E-state index contributed by atoms with van der Waals surface area (Å²) in [5.41, 5.74) is 16.9. The highest BCUT2D eigenvalue weighted by Gasteiger charge is 2.24. The Bertz CT molecular complexity index is 4410. The number of benzene rings is 10. The SMILES string of the molecule is c1ccc(-n2c3ccccc3c3cc(-c4cc5c6ccccc6n6c7ccc8c(c9ccccc9n8-c8ccc9c(c8)c8ccccc8n9-c8ccccc8)c7c(c4)c56)ccc32)cc1. The van der Waals surface area contributed by atoms with Crippen molar-refractivity contribution < 1.29 is 0 Å². The van der Waals surface area contributed by atoms with Crippen molar-refractivity contribution in [2.24, 2.45) is 0 Å². The smallest absolute Gasteiger partial charge is 0.0621 e. The zero-order valence-electron chi connectivity index (χ0n) is 34.6. The normalized spacial score (nSPS) is 12.4. The van der Waals surface area contributed by atoms with Crippen molar-refractivity contribution >= 4 is 104 Å². The minimum atomic E-state index is 1.15. The Morgan fingerprint density at radius 3 is 1.30 bits per heavy atom. The van der Waals surface area contributed by atoms with Crippen LogP contribution in [0.4, 0.5) is 0 Å². The molecule has 5 aromatic heterocycles. The number of aromatic nitrogens is 4. The Hall–Kier alpha value is -8.60. The summed E-state index contributed by atoms with van der Waals surface area (Å²) in [6, 6.07) is 80.6. The molecule has 0 atom stereocenters. The molecule has 0 amide bonds. The monoisotopic (exact) mass is 812 g/mol. The lowest BCUT2D eigenvalue weighted by Gasteiger charge is -2.10. The van der Waals surface area contributed by atoms with Crippen molar-refractivity contribution in [1.29, 1.82) is 0 Å². The van der Waals surface area contributed by atoms with Gasteiger partial charge in [-0.2, -0.15) is 0 Å². The van der Waals surface area contributed by atoms with Crippen molar-refractivity contribution in [3.63, 3.8) is 0 Å². The van der Waals surface area contributed by atoms with E-state index in [2.05, 4.69) is 236 Å². The number of hydrogen-bond donors (Lipinski definition) is 0. The van der Waals surface area contributed by atoms with Crippen LogP contribution in [0.25, 0.3) is 132 Å². The summed E-state index contributed by atoms with van der Waals surface area (Å²) in [6.07, 6.45) is 0. The van der Waals surface area contributed by atoms with Gasteiger partial charge in [0.2, 0.25) is 0 Å². The van der Waals surface area contributed by atoms with Gasteiger partial charge in [0.1, 0.15) is 0 Å². The predicted molar refractivity (Wildman–Crippen MR) is 270 cm³/mol. The summed E-state index contributed by atoms with van der Waals surface area (Å²) in [7, 11) is 0. The molecule has 4 heteroatoms. The first kappa shape index (κ1) is 34.0. The van der Waals surface area contributed by atoms with Crippen LogP contribution in [0.5, 0.6) is 0 Å². The Balaban J connectivity index is 1.02. The van der Waals surface area contributed by atoms with Gasteiger partial charge in [0.05, 0.1) is 49.7 Å². The van der Waals surface area contributed by atoms with E-state index in [1.54, 1.807) is 0 Å².